The summed E-state index contributed by atoms with van der Waals surface area (Å²) in [4.78, 5) is 50.5. The number of anilines is 1. The second-order valence-electron chi connectivity index (χ2n) is 8.18. The van der Waals surface area contributed by atoms with E-state index in [0.717, 1.165) is 0 Å². The highest BCUT2D eigenvalue weighted by atomic mass is 19.1. The minimum atomic E-state index is -1.15. The van der Waals surface area contributed by atoms with Gasteiger partial charge in [-0.05, 0) is 36.1 Å². The summed E-state index contributed by atoms with van der Waals surface area (Å²) in [6.45, 7) is 6.94. The fraction of sp³-hybridized carbons (Fsp3) is 0.524. The van der Waals surface area contributed by atoms with Crippen molar-refractivity contribution in [2.24, 2.45) is 17.8 Å². The fourth-order valence-electron chi connectivity index (χ4n) is 3.32. The van der Waals surface area contributed by atoms with Crippen LogP contribution >= 0.6 is 0 Å². The maximum atomic E-state index is 13.1. The molecule has 9 heteroatoms. The molecule has 8 nitrogen and oxygen atoms in total. The monoisotopic (exact) mass is 421 g/mol. The second kappa shape index (κ2) is 9.69. The Labute approximate surface area is 174 Å². The molecule has 0 spiro atoms. The third kappa shape index (κ3) is 5.55. The highest BCUT2D eigenvalue weighted by Gasteiger charge is 2.37. The fourth-order valence-corrected chi connectivity index (χ4v) is 3.32. The second-order valence-corrected chi connectivity index (χ2v) is 8.18. The zero-order valence-corrected chi connectivity index (χ0v) is 17.5. The van der Waals surface area contributed by atoms with Crippen molar-refractivity contribution in [3.05, 3.63) is 30.1 Å². The molecule has 3 atom stereocenters. The minimum absolute atomic E-state index is 0.0284. The van der Waals surface area contributed by atoms with Crippen LogP contribution in [0.2, 0.25) is 0 Å². The van der Waals surface area contributed by atoms with Gasteiger partial charge in [-0.25, -0.2) is 9.18 Å². The Morgan fingerprint density at radius 1 is 1.03 bits per heavy atom. The van der Waals surface area contributed by atoms with Gasteiger partial charge in [0.15, 0.2) is 0 Å². The molecule has 3 N–H and O–H groups in total. The van der Waals surface area contributed by atoms with Crippen molar-refractivity contribution in [3.8, 4) is 0 Å². The molecule has 1 aromatic carbocycles. The number of carboxylic acids is 1. The Morgan fingerprint density at radius 2 is 1.60 bits per heavy atom. The van der Waals surface area contributed by atoms with Crippen LogP contribution in [0.15, 0.2) is 24.3 Å². The van der Waals surface area contributed by atoms with E-state index in [1.165, 1.54) is 29.2 Å². The third-order valence-corrected chi connectivity index (χ3v) is 5.11. The first-order valence-electron chi connectivity index (χ1n) is 9.90. The van der Waals surface area contributed by atoms with Gasteiger partial charge in [0.2, 0.25) is 17.7 Å². The molecule has 1 fully saturated rings. The average Bonchev–Trinajstić information content (AvgIpc) is 3.05. The normalized spacial score (nSPS) is 18.4. The van der Waals surface area contributed by atoms with E-state index in [-0.39, 0.29) is 30.7 Å². The van der Waals surface area contributed by atoms with E-state index in [0.29, 0.717) is 5.69 Å². The summed E-state index contributed by atoms with van der Waals surface area (Å²) in [6, 6.07) is 3.41. The standard InChI is InChI=1S/C21H28FN3O5/c1-11(2)17(20(28)24-18(12(3)4)21(29)30)23-19(27)13-9-16(26)25(10-13)15-7-5-14(22)6-8-15/h5-8,11-13,17-18H,9-10H2,1-4H3,(H,23,27)(H,24,28)(H,29,30)/t13-,17+,18+/m1/s1. The molecule has 0 aliphatic carbocycles. The molecule has 1 aliphatic rings. The number of hydrogen-bond donors (Lipinski definition) is 3. The Hall–Kier alpha value is -2.97. The number of aliphatic carboxylic acids is 1. The van der Waals surface area contributed by atoms with E-state index in [1.54, 1.807) is 27.7 Å². The lowest BCUT2D eigenvalue weighted by Crippen LogP contribution is -2.55. The number of halogens is 1. The van der Waals surface area contributed by atoms with Crippen LogP contribution in [0.5, 0.6) is 0 Å². The number of carbonyl (C=O) groups excluding carboxylic acids is 3. The summed E-state index contributed by atoms with van der Waals surface area (Å²) in [7, 11) is 0. The molecule has 30 heavy (non-hydrogen) atoms. The van der Waals surface area contributed by atoms with Gasteiger partial charge in [-0.2, -0.15) is 0 Å². The van der Waals surface area contributed by atoms with E-state index in [4.69, 9.17) is 0 Å². The summed E-state index contributed by atoms with van der Waals surface area (Å²) < 4.78 is 13.1. The lowest BCUT2D eigenvalue weighted by Gasteiger charge is -2.26. The molecule has 2 rings (SSSR count). The molecule has 0 unspecified atom stereocenters. The molecule has 1 aromatic rings. The van der Waals surface area contributed by atoms with Crippen molar-refractivity contribution in [2.75, 3.05) is 11.4 Å². The molecule has 0 radical (unpaired) electrons. The summed E-state index contributed by atoms with van der Waals surface area (Å²) >= 11 is 0. The summed E-state index contributed by atoms with van der Waals surface area (Å²) in [6.07, 6.45) is -0.0284. The van der Waals surface area contributed by atoms with Gasteiger partial charge >= 0.3 is 5.97 Å². The van der Waals surface area contributed by atoms with E-state index in [1.807, 2.05) is 0 Å². The highest BCUT2D eigenvalue weighted by molar-refractivity contribution is 6.01. The predicted octanol–water partition coefficient (Wildman–Crippen LogP) is 1.54. The van der Waals surface area contributed by atoms with Crippen LogP contribution in [0.25, 0.3) is 0 Å². The molecular weight excluding hydrogens is 393 g/mol. The van der Waals surface area contributed by atoms with Crippen LogP contribution in [0.4, 0.5) is 10.1 Å². The maximum Gasteiger partial charge on any atom is 0.326 e. The summed E-state index contributed by atoms with van der Waals surface area (Å²) in [5.41, 5.74) is 0.496. The highest BCUT2D eigenvalue weighted by Crippen LogP contribution is 2.25. The Bertz CT molecular complexity index is 809. The molecule has 0 saturated carbocycles. The molecule has 1 heterocycles. The SMILES string of the molecule is CC(C)[C@H](NC(=O)[C@@H](NC(=O)[C@@H]1CC(=O)N(c2ccc(F)cc2)C1)C(C)C)C(=O)O. The van der Waals surface area contributed by atoms with Crippen molar-refractivity contribution >= 4 is 29.4 Å². The lowest BCUT2D eigenvalue weighted by molar-refractivity contribution is -0.143. The molecular formula is C21H28FN3O5. The molecule has 0 bridgehead atoms. The number of nitrogens with one attached hydrogen (secondary N) is 2. The topological polar surface area (TPSA) is 116 Å². The Balaban J connectivity index is 2.06. The zero-order chi connectivity index (χ0) is 22.6. The first kappa shape index (κ1) is 23.3. The van der Waals surface area contributed by atoms with Gasteiger partial charge < -0.3 is 20.6 Å². The number of benzene rings is 1. The van der Waals surface area contributed by atoms with Gasteiger partial charge in [0.25, 0.3) is 0 Å². The Morgan fingerprint density at radius 3 is 2.10 bits per heavy atom. The van der Waals surface area contributed by atoms with Gasteiger partial charge in [0, 0.05) is 18.7 Å². The van der Waals surface area contributed by atoms with Crippen molar-refractivity contribution in [1.29, 1.82) is 0 Å². The number of nitrogens with zero attached hydrogens (tertiary/aromatic N) is 1. The van der Waals surface area contributed by atoms with E-state index in [2.05, 4.69) is 10.6 Å². The van der Waals surface area contributed by atoms with E-state index < -0.39 is 41.6 Å². The van der Waals surface area contributed by atoms with Gasteiger partial charge in [0.05, 0.1) is 5.92 Å². The summed E-state index contributed by atoms with van der Waals surface area (Å²) in [5, 5.41) is 14.4. The van der Waals surface area contributed by atoms with Crippen molar-refractivity contribution in [3.63, 3.8) is 0 Å². The zero-order valence-electron chi connectivity index (χ0n) is 17.5. The molecule has 1 aliphatic heterocycles. The first-order valence-corrected chi connectivity index (χ1v) is 9.90. The number of amides is 3. The van der Waals surface area contributed by atoms with Gasteiger partial charge in [-0.15, -0.1) is 0 Å². The number of carbonyl (C=O) groups is 4. The van der Waals surface area contributed by atoms with Gasteiger partial charge in [-0.3, -0.25) is 14.4 Å². The van der Waals surface area contributed by atoms with Crippen LogP contribution in [-0.4, -0.2) is 47.4 Å². The van der Waals surface area contributed by atoms with Crippen molar-refractivity contribution in [1.82, 2.24) is 10.6 Å². The van der Waals surface area contributed by atoms with Crippen molar-refractivity contribution in [2.45, 2.75) is 46.2 Å². The maximum absolute atomic E-state index is 13.1. The number of hydrogen-bond acceptors (Lipinski definition) is 4. The molecule has 1 saturated heterocycles. The average molecular weight is 421 g/mol. The predicted molar refractivity (Wildman–Crippen MR) is 108 cm³/mol. The van der Waals surface area contributed by atoms with Crippen LogP contribution in [0.3, 0.4) is 0 Å². The Kier molecular flexibility index (Phi) is 7.53. The van der Waals surface area contributed by atoms with Gasteiger partial charge in [-0.1, -0.05) is 27.7 Å². The quantitative estimate of drug-likeness (QED) is 0.589. The smallest absolute Gasteiger partial charge is 0.326 e. The van der Waals surface area contributed by atoms with Crippen LogP contribution < -0.4 is 15.5 Å². The van der Waals surface area contributed by atoms with E-state index in [9.17, 15) is 28.7 Å². The number of rotatable bonds is 8. The molecule has 3 amide bonds. The lowest BCUT2D eigenvalue weighted by atomic mass is 9.99. The minimum Gasteiger partial charge on any atom is -0.480 e. The molecule has 164 valence electrons. The van der Waals surface area contributed by atoms with Gasteiger partial charge in [0.1, 0.15) is 17.9 Å². The van der Waals surface area contributed by atoms with Crippen LogP contribution in [-0.2, 0) is 19.2 Å². The first-order chi connectivity index (χ1) is 14.0. The van der Waals surface area contributed by atoms with Crippen molar-refractivity contribution < 1.29 is 28.7 Å². The molecule has 0 aromatic heterocycles. The van der Waals surface area contributed by atoms with Crippen LogP contribution in [0, 0.1) is 23.6 Å². The summed E-state index contributed by atoms with van der Waals surface area (Å²) in [5.74, 6) is -4.17. The third-order valence-electron chi connectivity index (χ3n) is 5.11. The van der Waals surface area contributed by atoms with E-state index >= 15 is 0 Å². The largest absolute Gasteiger partial charge is 0.480 e. The number of carboxylic acid groups (broad SMARTS) is 1. The van der Waals surface area contributed by atoms with Crippen LogP contribution in [0.1, 0.15) is 34.1 Å².